The van der Waals surface area contributed by atoms with E-state index in [1.54, 1.807) is 14.0 Å². The number of aromatic nitrogens is 3. The third-order valence-electron chi connectivity index (χ3n) is 4.14. The largest absolute Gasteiger partial charge is 0.497 e. The molecule has 0 bridgehead atoms. The molecule has 25 heavy (non-hydrogen) atoms. The van der Waals surface area contributed by atoms with Crippen molar-refractivity contribution in [3.8, 4) is 11.6 Å². The fourth-order valence-electron chi connectivity index (χ4n) is 2.94. The normalized spacial score (nSPS) is 12.8. The van der Waals surface area contributed by atoms with Gasteiger partial charge in [0.25, 0.3) is 0 Å². The van der Waals surface area contributed by atoms with Crippen LogP contribution in [0, 0.1) is 6.92 Å². The Kier molecular flexibility index (Phi) is 5.22. The first kappa shape index (κ1) is 17.7. The summed E-state index contributed by atoms with van der Waals surface area (Å²) in [5.74, 6) is 1.49. The summed E-state index contributed by atoms with van der Waals surface area (Å²) in [4.78, 5) is 7.88. The van der Waals surface area contributed by atoms with Crippen molar-refractivity contribution in [2.45, 2.75) is 19.9 Å². The van der Waals surface area contributed by atoms with Gasteiger partial charge < -0.3 is 14.9 Å². The van der Waals surface area contributed by atoms with Gasteiger partial charge in [0.05, 0.1) is 24.6 Å². The molecule has 3 aromatic rings. The van der Waals surface area contributed by atoms with Gasteiger partial charge in [-0.05, 0) is 31.2 Å². The summed E-state index contributed by atoms with van der Waals surface area (Å²) >= 11 is 1.41. The molecule has 0 amide bonds. The number of aromatic hydroxyl groups is 1. The first-order valence-electron chi connectivity index (χ1n) is 8.12. The van der Waals surface area contributed by atoms with Gasteiger partial charge in [-0.15, -0.1) is 5.10 Å². The minimum Gasteiger partial charge on any atom is -0.497 e. The minimum absolute atomic E-state index is 0.0428. The highest BCUT2D eigenvalue weighted by Crippen LogP contribution is 2.40. The van der Waals surface area contributed by atoms with Crippen molar-refractivity contribution in [2.24, 2.45) is 0 Å². The highest BCUT2D eigenvalue weighted by molar-refractivity contribution is 7.17. The second-order valence-corrected chi connectivity index (χ2v) is 6.68. The summed E-state index contributed by atoms with van der Waals surface area (Å²) in [6.07, 6.45) is 0. The molecule has 0 fully saturated rings. The molecular formula is C17H22N4O3S. The van der Waals surface area contributed by atoms with Gasteiger partial charge in [0.2, 0.25) is 10.8 Å². The van der Waals surface area contributed by atoms with Crippen LogP contribution >= 0.6 is 11.3 Å². The van der Waals surface area contributed by atoms with Gasteiger partial charge in [-0.25, -0.2) is 4.98 Å². The Morgan fingerprint density at radius 2 is 2.04 bits per heavy atom. The maximum atomic E-state index is 10.7. The standard InChI is InChI=1S/C17H22N4O3S/c1-4-20(9-10-22)14(12-5-7-13(24-3)8-6-12)15-16(23)21-17(25-15)18-11(2)19-21/h5-8,14,22-23H,4,9-10H2,1-3H3. The fourth-order valence-corrected chi connectivity index (χ4v) is 4.10. The molecule has 1 unspecified atom stereocenters. The molecule has 3 rings (SSSR count). The van der Waals surface area contributed by atoms with E-state index < -0.39 is 0 Å². The molecule has 2 N–H and O–H groups in total. The lowest BCUT2D eigenvalue weighted by Crippen LogP contribution is -2.31. The van der Waals surface area contributed by atoms with E-state index in [4.69, 9.17) is 4.74 Å². The molecule has 2 heterocycles. The third kappa shape index (κ3) is 3.33. The molecule has 1 aromatic carbocycles. The molecule has 1 atom stereocenters. The zero-order valence-electron chi connectivity index (χ0n) is 14.5. The lowest BCUT2D eigenvalue weighted by molar-refractivity contribution is 0.174. The number of methoxy groups -OCH3 is 1. The molecule has 134 valence electrons. The predicted molar refractivity (Wildman–Crippen MR) is 96.4 cm³/mol. The van der Waals surface area contributed by atoms with Crippen molar-refractivity contribution in [3.63, 3.8) is 0 Å². The summed E-state index contributed by atoms with van der Waals surface area (Å²) in [5.41, 5.74) is 1.01. The van der Waals surface area contributed by atoms with E-state index >= 15 is 0 Å². The number of nitrogens with zero attached hydrogens (tertiary/aromatic N) is 4. The van der Waals surface area contributed by atoms with E-state index in [0.717, 1.165) is 22.7 Å². The maximum absolute atomic E-state index is 10.7. The quantitative estimate of drug-likeness (QED) is 0.671. The van der Waals surface area contributed by atoms with Crippen LogP contribution in [-0.4, -0.2) is 56.5 Å². The lowest BCUT2D eigenvalue weighted by Gasteiger charge is -2.29. The molecular weight excluding hydrogens is 340 g/mol. The number of aliphatic hydroxyl groups excluding tert-OH is 1. The van der Waals surface area contributed by atoms with Crippen molar-refractivity contribution in [1.82, 2.24) is 19.5 Å². The Labute approximate surface area is 150 Å². The van der Waals surface area contributed by atoms with Crippen LogP contribution in [0.15, 0.2) is 24.3 Å². The van der Waals surface area contributed by atoms with E-state index in [0.29, 0.717) is 17.3 Å². The van der Waals surface area contributed by atoms with E-state index in [1.807, 2.05) is 31.2 Å². The van der Waals surface area contributed by atoms with Gasteiger partial charge in [0.15, 0.2) is 0 Å². The van der Waals surface area contributed by atoms with Crippen LogP contribution < -0.4 is 4.74 Å². The molecule has 0 aliphatic heterocycles. The number of ether oxygens (including phenoxy) is 1. The molecule has 0 saturated carbocycles. The lowest BCUT2D eigenvalue weighted by atomic mass is 10.0. The van der Waals surface area contributed by atoms with Crippen LogP contribution in [0.1, 0.15) is 29.2 Å². The summed E-state index contributed by atoms with van der Waals surface area (Å²) in [7, 11) is 1.63. The average molecular weight is 362 g/mol. The van der Waals surface area contributed by atoms with Crippen LogP contribution in [0.5, 0.6) is 11.6 Å². The predicted octanol–water partition coefficient (Wildman–Crippen LogP) is 2.22. The Morgan fingerprint density at radius 3 is 2.60 bits per heavy atom. The van der Waals surface area contributed by atoms with Crippen molar-refractivity contribution >= 4 is 16.3 Å². The second kappa shape index (κ2) is 7.38. The number of rotatable bonds is 7. The van der Waals surface area contributed by atoms with Gasteiger partial charge in [0.1, 0.15) is 11.6 Å². The molecule has 8 heteroatoms. The van der Waals surface area contributed by atoms with Gasteiger partial charge in [-0.2, -0.15) is 4.52 Å². The number of hydrogen-bond acceptors (Lipinski definition) is 7. The monoisotopic (exact) mass is 362 g/mol. The Balaban J connectivity index is 2.10. The Hall–Kier alpha value is -2.16. The smallest absolute Gasteiger partial charge is 0.230 e. The van der Waals surface area contributed by atoms with E-state index in [-0.39, 0.29) is 18.5 Å². The highest BCUT2D eigenvalue weighted by Gasteiger charge is 2.28. The van der Waals surface area contributed by atoms with Gasteiger partial charge in [-0.3, -0.25) is 4.90 Å². The Morgan fingerprint density at radius 1 is 1.32 bits per heavy atom. The van der Waals surface area contributed by atoms with Crippen molar-refractivity contribution in [1.29, 1.82) is 0 Å². The number of hydrogen-bond donors (Lipinski definition) is 2. The average Bonchev–Trinajstić information content (AvgIpc) is 3.13. The topological polar surface area (TPSA) is 83.1 Å². The van der Waals surface area contributed by atoms with E-state index in [2.05, 4.69) is 15.0 Å². The third-order valence-corrected chi connectivity index (χ3v) is 5.22. The van der Waals surface area contributed by atoms with Gasteiger partial charge >= 0.3 is 0 Å². The molecule has 0 aliphatic rings. The Bertz CT molecular complexity index is 844. The number of fused-ring (bicyclic) bond motifs is 1. The molecule has 7 nitrogen and oxygen atoms in total. The van der Waals surface area contributed by atoms with Crippen LogP contribution in [-0.2, 0) is 0 Å². The van der Waals surface area contributed by atoms with E-state index in [9.17, 15) is 10.2 Å². The first-order chi connectivity index (χ1) is 12.1. The van der Waals surface area contributed by atoms with Crippen LogP contribution in [0.4, 0.5) is 0 Å². The molecule has 0 radical (unpaired) electrons. The number of aryl methyl sites for hydroxylation is 1. The van der Waals surface area contributed by atoms with Gasteiger partial charge in [-0.1, -0.05) is 30.4 Å². The van der Waals surface area contributed by atoms with Crippen molar-refractivity contribution < 1.29 is 14.9 Å². The summed E-state index contributed by atoms with van der Waals surface area (Å²) in [5, 5.41) is 24.4. The number of thiazole rings is 1. The fraction of sp³-hybridized carbons (Fsp3) is 0.412. The summed E-state index contributed by atoms with van der Waals surface area (Å²) < 4.78 is 6.71. The van der Waals surface area contributed by atoms with Crippen molar-refractivity contribution in [3.05, 3.63) is 40.5 Å². The SMILES string of the molecule is CCN(CCO)C(c1ccc(OC)cc1)c1sc2nc(C)nn2c1O. The number of aliphatic hydroxyl groups is 1. The van der Waals surface area contributed by atoms with Crippen molar-refractivity contribution in [2.75, 3.05) is 26.8 Å². The maximum Gasteiger partial charge on any atom is 0.230 e. The first-order valence-corrected chi connectivity index (χ1v) is 8.94. The highest BCUT2D eigenvalue weighted by atomic mass is 32.1. The molecule has 2 aromatic heterocycles. The van der Waals surface area contributed by atoms with Gasteiger partial charge in [0, 0.05) is 6.54 Å². The van der Waals surface area contributed by atoms with Crippen LogP contribution in [0.2, 0.25) is 0 Å². The molecule has 0 aliphatic carbocycles. The second-order valence-electron chi connectivity index (χ2n) is 5.67. The van der Waals surface area contributed by atoms with Crippen LogP contribution in [0.25, 0.3) is 4.96 Å². The summed E-state index contributed by atoms with van der Waals surface area (Å²) in [6, 6.07) is 7.55. The zero-order chi connectivity index (χ0) is 18.0. The number of likely N-dealkylation sites (N-methyl/N-ethyl adjacent to an activating group) is 1. The molecule has 0 saturated heterocycles. The number of benzene rings is 1. The van der Waals surface area contributed by atoms with E-state index in [1.165, 1.54) is 15.9 Å². The minimum atomic E-state index is -0.197. The molecule has 0 spiro atoms. The summed E-state index contributed by atoms with van der Waals surface area (Å²) in [6.45, 7) is 5.10. The zero-order valence-corrected chi connectivity index (χ0v) is 15.3. The van der Waals surface area contributed by atoms with Crippen LogP contribution in [0.3, 0.4) is 0 Å².